The standard InChI is InChI=1S/C22H25N3O3/c1-15-19(16(2)25(24-15)14-17-9-6-5-7-10-17)13-23-22(26)18-11-8-12-20(27-3)21(18)28-4/h5-12H,13-14H2,1-4H3,(H,23,26). The van der Waals surface area contributed by atoms with Crippen molar-refractivity contribution in [3.8, 4) is 11.5 Å². The molecule has 28 heavy (non-hydrogen) atoms. The molecule has 2 aromatic carbocycles. The van der Waals surface area contributed by atoms with Crippen molar-refractivity contribution in [2.24, 2.45) is 0 Å². The van der Waals surface area contributed by atoms with Crippen molar-refractivity contribution < 1.29 is 14.3 Å². The van der Waals surface area contributed by atoms with E-state index in [9.17, 15) is 4.79 Å². The van der Waals surface area contributed by atoms with Crippen LogP contribution >= 0.6 is 0 Å². The van der Waals surface area contributed by atoms with Gasteiger partial charge in [0, 0.05) is 17.8 Å². The van der Waals surface area contributed by atoms with Crippen molar-refractivity contribution in [1.82, 2.24) is 15.1 Å². The van der Waals surface area contributed by atoms with E-state index in [1.807, 2.05) is 36.7 Å². The Bertz CT molecular complexity index is 965. The SMILES string of the molecule is COc1cccc(C(=O)NCc2c(C)nn(Cc3ccccc3)c2C)c1OC. The average Bonchev–Trinajstić information content (AvgIpc) is 2.98. The van der Waals surface area contributed by atoms with Crippen molar-refractivity contribution in [3.63, 3.8) is 0 Å². The van der Waals surface area contributed by atoms with Crippen molar-refractivity contribution in [1.29, 1.82) is 0 Å². The molecule has 0 bridgehead atoms. The van der Waals surface area contributed by atoms with E-state index in [1.54, 1.807) is 25.3 Å². The number of ether oxygens (including phenoxy) is 2. The molecular weight excluding hydrogens is 354 g/mol. The van der Waals surface area contributed by atoms with Gasteiger partial charge in [-0.05, 0) is 31.5 Å². The second-order valence-corrected chi connectivity index (χ2v) is 6.52. The van der Waals surface area contributed by atoms with Gasteiger partial charge in [-0.3, -0.25) is 9.48 Å². The number of nitrogens with one attached hydrogen (secondary N) is 1. The maximum absolute atomic E-state index is 12.7. The van der Waals surface area contributed by atoms with Crippen LogP contribution in [0.5, 0.6) is 11.5 Å². The number of para-hydroxylation sites is 1. The Morgan fingerprint density at radius 3 is 2.46 bits per heavy atom. The van der Waals surface area contributed by atoms with Gasteiger partial charge >= 0.3 is 0 Å². The number of nitrogens with zero attached hydrogens (tertiary/aromatic N) is 2. The van der Waals surface area contributed by atoms with Crippen LogP contribution in [0.1, 0.15) is 32.9 Å². The zero-order chi connectivity index (χ0) is 20.1. The fraction of sp³-hybridized carbons (Fsp3) is 0.273. The number of aromatic nitrogens is 2. The van der Waals surface area contributed by atoms with Crippen LogP contribution in [0.15, 0.2) is 48.5 Å². The largest absolute Gasteiger partial charge is 0.493 e. The van der Waals surface area contributed by atoms with Gasteiger partial charge in [0.15, 0.2) is 11.5 Å². The van der Waals surface area contributed by atoms with E-state index in [-0.39, 0.29) is 5.91 Å². The van der Waals surface area contributed by atoms with E-state index >= 15 is 0 Å². The Hall–Kier alpha value is -3.28. The van der Waals surface area contributed by atoms with E-state index in [0.717, 1.165) is 17.0 Å². The van der Waals surface area contributed by atoms with Gasteiger partial charge in [-0.15, -0.1) is 0 Å². The van der Waals surface area contributed by atoms with Crippen LogP contribution in [0, 0.1) is 13.8 Å². The number of amides is 1. The highest BCUT2D eigenvalue weighted by Crippen LogP contribution is 2.30. The molecule has 0 spiro atoms. The van der Waals surface area contributed by atoms with E-state index < -0.39 is 0 Å². The molecule has 0 fully saturated rings. The van der Waals surface area contributed by atoms with Crippen molar-refractivity contribution in [3.05, 3.63) is 76.6 Å². The van der Waals surface area contributed by atoms with Crippen molar-refractivity contribution in [2.75, 3.05) is 14.2 Å². The first-order valence-electron chi connectivity index (χ1n) is 9.11. The van der Waals surface area contributed by atoms with Crippen LogP contribution in [-0.2, 0) is 13.1 Å². The Kier molecular flexibility index (Phi) is 5.99. The third-order valence-electron chi connectivity index (χ3n) is 4.78. The lowest BCUT2D eigenvalue weighted by molar-refractivity contribution is 0.0947. The normalized spacial score (nSPS) is 10.6. The zero-order valence-corrected chi connectivity index (χ0v) is 16.7. The molecule has 6 heteroatoms. The summed E-state index contributed by atoms with van der Waals surface area (Å²) >= 11 is 0. The summed E-state index contributed by atoms with van der Waals surface area (Å²) in [7, 11) is 3.07. The van der Waals surface area contributed by atoms with Crippen LogP contribution in [-0.4, -0.2) is 29.9 Å². The molecule has 1 amide bonds. The van der Waals surface area contributed by atoms with E-state index in [4.69, 9.17) is 9.47 Å². The summed E-state index contributed by atoms with van der Waals surface area (Å²) in [5, 5.41) is 7.61. The Labute approximate surface area is 165 Å². The minimum Gasteiger partial charge on any atom is -0.493 e. The van der Waals surface area contributed by atoms with Crippen LogP contribution in [0.3, 0.4) is 0 Å². The molecule has 146 valence electrons. The van der Waals surface area contributed by atoms with Gasteiger partial charge in [-0.1, -0.05) is 36.4 Å². The molecule has 3 aromatic rings. The maximum Gasteiger partial charge on any atom is 0.255 e. The maximum atomic E-state index is 12.7. The fourth-order valence-electron chi connectivity index (χ4n) is 3.23. The third-order valence-corrected chi connectivity index (χ3v) is 4.78. The van der Waals surface area contributed by atoms with Crippen LogP contribution in [0.25, 0.3) is 0 Å². The summed E-state index contributed by atoms with van der Waals surface area (Å²) < 4.78 is 12.6. The predicted octanol–water partition coefficient (Wildman–Crippen LogP) is 3.50. The number of benzene rings is 2. The molecule has 1 N–H and O–H groups in total. The second kappa shape index (κ2) is 8.61. The first-order valence-corrected chi connectivity index (χ1v) is 9.11. The molecule has 0 atom stereocenters. The second-order valence-electron chi connectivity index (χ2n) is 6.52. The number of carbonyl (C=O) groups is 1. The van der Waals surface area contributed by atoms with Crippen molar-refractivity contribution in [2.45, 2.75) is 26.9 Å². The Morgan fingerprint density at radius 1 is 1.04 bits per heavy atom. The molecule has 0 saturated carbocycles. The van der Waals surface area contributed by atoms with Crippen LogP contribution < -0.4 is 14.8 Å². The summed E-state index contributed by atoms with van der Waals surface area (Å²) in [6, 6.07) is 15.4. The quantitative estimate of drug-likeness (QED) is 0.682. The minimum absolute atomic E-state index is 0.217. The number of hydrogen-bond acceptors (Lipinski definition) is 4. The molecule has 6 nitrogen and oxygen atoms in total. The van der Waals surface area contributed by atoms with E-state index in [2.05, 4.69) is 22.5 Å². The number of rotatable bonds is 7. The molecule has 1 heterocycles. The van der Waals surface area contributed by atoms with Crippen LogP contribution in [0.4, 0.5) is 0 Å². The number of methoxy groups -OCH3 is 2. The van der Waals surface area contributed by atoms with Gasteiger partial charge in [-0.25, -0.2) is 0 Å². The fourth-order valence-corrected chi connectivity index (χ4v) is 3.23. The van der Waals surface area contributed by atoms with Gasteiger partial charge in [-0.2, -0.15) is 5.10 Å². The Balaban J connectivity index is 1.76. The van der Waals surface area contributed by atoms with Crippen molar-refractivity contribution >= 4 is 5.91 Å². The molecular formula is C22H25N3O3. The monoisotopic (exact) mass is 379 g/mol. The molecule has 0 aliphatic heterocycles. The summed E-state index contributed by atoms with van der Waals surface area (Å²) in [6.07, 6.45) is 0. The van der Waals surface area contributed by atoms with Gasteiger partial charge in [0.05, 0.1) is 32.0 Å². The van der Waals surface area contributed by atoms with Gasteiger partial charge in [0.2, 0.25) is 0 Å². The highest BCUT2D eigenvalue weighted by Gasteiger charge is 2.18. The average molecular weight is 379 g/mol. The Morgan fingerprint density at radius 2 is 1.79 bits per heavy atom. The molecule has 0 saturated heterocycles. The molecule has 0 aliphatic carbocycles. The molecule has 0 unspecified atom stereocenters. The van der Waals surface area contributed by atoms with Crippen LogP contribution in [0.2, 0.25) is 0 Å². The highest BCUT2D eigenvalue weighted by atomic mass is 16.5. The van der Waals surface area contributed by atoms with Gasteiger partial charge in [0.1, 0.15) is 0 Å². The van der Waals surface area contributed by atoms with Gasteiger partial charge < -0.3 is 14.8 Å². The topological polar surface area (TPSA) is 65.4 Å². The molecule has 0 radical (unpaired) electrons. The third kappa shape index (κ3) is 4.01. The summed E-state index contributed by atoms with van der Waals surface area (Å²) in [6.45, 7) is 5.08. The lowest BCUT2D eigenvalue weighted by Crippen LogP contribution is -2.24. The lowest BCUT2D eigenvalue weighted by atomic mass is 10.1. The summed E-state index contributed by atoms with van der Waals surface area (Å²) in [4.78, 5) is 12.7. The summed E-state index contributed by atoms with van der Waals surface area (Å²) in [5.74, 6) is 0.735. The summed E-state index contributed by atoms with van der Waals surface area (Å²) in [5.41, 5.74) is 4.59. The molecule has 3 rings (SSSR count). The smallest absolute Gasteiger partial charge is 0.255 e. The van der Waals surface area contributed by atoms with E-state index in [0.29, 0.717) is 30.2 Å². The highest BCUT2D eigenvalue weighted by molar-refractivity contribution is 5.97. The zero-order valence-electron chi connectivity index (χ0n) is 16.7. The molecule has 1 aromatic heterocycles. The number of carbonyl (C=O) groups excluding carboxylic acids is 1. The first kappa shape index (κ1) is 19.5. The molecule has 0 aliphatic rings. The number of hydrogen-bond donors (Lipinski definition) is 1. The minimum atomic E-state index is -0.217. The van der Waals surface area contributed by atoms with E-state index in [1.165, 1.54) is 12.7 Å². The first-order chi connectivity index (χ1) is 13.5. The lowest BCUT2D eigenvalue weighted by Gasteiger charge is -2.13. The number of aryl methyl sites for hydroxylation is 1. The predicted molar refractivity (Wildman–Crippen MR) is 108 cm³/mol. The van der Waals surface area contributed by atoms with Gasteiger partial charge in [0.25, 0.3) is 5.91 Å².